The van der Waals surface area contributed by atoms with Crippen LogP contribution in [-0.4, -0.2) is 25.1 Å². The van der Waals surface area contributed by atoms with Gasteiger partial charge in [-0.15, -0.1) is 11.3 Å². The standard InChI is InChI=1S/C22H22FNO4S/c1-4-14-8-10-15(11-9-14)24-21(25)13(2)28-22(26)20-16(12-27-3)19-17(23)6-5-7-18(19)29-20/h5-11,13H,4,12H2,1-3H3,(H,24,25)/t13-/m0/s1. The predicted molar refractivity (Wildman–Crippen MR) is 112 cm³/mol. The van der Waals surface area contributed by atoms with E-state index in [2.05, 4.69) is 5.32 Å². The lowest BCUT2D eigenvalue weighted by atomic mass is 10.1. The van der Waals surface area contributed by atoms with Gasteiger partial charge in [0.2, 0.25) is 0 Å². The van der Waals surface area contributed by atoms with Gasteiger partial charge in [-0.1, -0.05) is 25.1 Å². The van der Waals surface area contributed by atoms with Gasteiger partial charge in [-0.05, 0) is 43.2 Å². The van der Waals surface area contributed by atoms with Crippen molar-refractivity contribution in [3.05, 3.63) is 64.3 Å². The van der Waals surface area contributed by atoms with Gasteiger partial charge in [0, 0.05) is 28.4 Å². The number of hydrogen-bond acceptors (Lipinski definition) is 5. The molecule has 1 atom stereocenters. The van der Waals surface area contributed by atoms with Crippen molar-refractivity contribution in [2.75, 3.05) is 12.4 Å². The molecule has 1 N–H and O–H groups in total. The topological polar surface area (TPSA) is 64.6 Å². The third kappa shape index (κ3) is 4.63. The molecule has 1 heterocycles. The zero-order valence-electron chi connectivity index (χ0n) is 16.5. The Labute approximate surface area is 172 Å². The molecule has 2 aromatic carbocycles. The zero-order valence-corrected chi connectivity index (χ0v) is 17.3. The van der Waals surface area contributed by atoms with Gasteiger partial charge in [0.15, 0.2) is 6.10 Å². The number of carbonyl (C=O) groups is 2. The molecular formula is C22H22FNO4S. The highest BCUT2D eigenvalue weighted by molar-refractivity contribution is 7.21. The second-order valence-electron chi connectivity index (χ2n) is 6.54. The van der Waals surface area contributed by atoms with Crippen LogP contribution in [0.5, 0.6) is 0 Å². The van der Waals surface area contributed by atoms with E-state index in [0.29, 0.717) is 21.3 Å². The molecule has 0 radical (unpaired) electrons. The first-order valence-corrected chi connectivity index (χ1v) is 10.1. The Morgan fingerprint density at radius 3 is 2.55 bits per heavy atom. The largest absolute Gasteiger partial charge is 0.448 e. The summed E-state index contributed by atoms with van der Waals surface area (Å²) in [5.74, 6) is -1.55. The number of methoxy groups -OCH3 is 1. The van der Waals surface area contributed by atoms with Crippen LogP contribution in [0.2, 0.25) is 0 Å². The summed E-state index contributed by atoms with van der Waals surface area (Å²) in [7, 11) is 1.47. The van der Waals surface area contributed by atoms with Crippen molar-refractivity contribution in [2.45, 2.75) is 33.0 Å². The predicted octanol–water partition coefficient (Wildman–Crippen LogP) is 4.93. The molecule has 152 valence electrons. The summed E-state index contributed by atoms with van der Waals surface area (Å²) in [6, 6.07) is 12.1. The Morgan fingerprint density at radius 1 is 1.17 bits per heavy atom. The molecule has 1 amide bonds. The number of rotatable bonds is 7. The highest BCUT2D eigenvalue weighted by atomic mass is 32.1. The van der Waals surface area contributed by atoms with E-state index in [0.717, 1.165) is 23.3 Å². The van der Waals surface area contributed by atoms with Crippen LogP contribution in [0.15, 0.2) is 42.5 Å². The maximum Gasteiger partial charge on any atom is 0.349 e. The van der Waals surface area contributed by atoms with Gasteiger partial charge < -0.3 is 14.8 Å². The Kier molecular flexibility index (Phi) is 6.61. The highest BCUT2D eigenvalue weighted by Gasteiger charge is 2.25. The smallest absolute Gasteiger partial charge is 0.349 e. The van der Waals surface area contributed by atoms with Crippen LogP contribution in [-0.2, 0) is 27.3 Å². The number of thiophene rings is 1. The lowest BCUT2D eigenvalue weighted by molar-refractivity contribution is -0.123. The van der Waals surface area contributed by atoms with Crippen LogP contribution < -0.4 is 5.32 Å². The van der Waals surface area contributed by atoms with Crippen LogP contribution in [0, 0.1) is 5.82 Å². The Morgan fingerprint density at radius 2 is 1.90 bits per heavy atom. The van der Waals surface area contributed by atoms with Crippen molar-refractivity contribution in [1.29, 1.82) is 0 Å². The van der Waals surface area contributed by atoms with Crippen molar-refractivity contribution in [3.63, 3.8) is 0 Å². The van der Waals surface area contributed by atoms with Crippen molar-refractivity contribution in [2.24, 2.45) is 0 Å². The number of esters is 1. The van der Waals surface area contributed by atoms with E-state index in [4.69, 9.17) is 9.47 Å². The second-order valence-corrected chi connectivity index (χ2v) is 7.60. The number of anilines is 1. The number of aryl methyl sites for hydroxylation is 1. The summed E-state index contributed by atoms with van der Waals surface area (Å²) in [4.78, 5) is 25.3. The van der Waals surface area contributed by atoms with Gasteiger partial charge in [0.1, 0.15) is 10.7 Å². The van der Waals surface area contributed by atoms with E-state index >= 15 is 0 Å². The fourth-order valence-corrected chi connectivity index (χ4v) is 4.05. The van der Waals surface area contributed by atoms with Crippen LogP contribution in [0.4, 0.5) is 10.1 Å². The van der Waals surface area contributed by atoms with Crippen molar-refractivity contribution in [3.8, 4) is 0 Å². The van der Waals surface area contributed by atoms with Crippen LogP contribution in [0.3, 0.4) is 0 Å². The first-order chi connectivity index (χ1) is 13.9. The first-order valence-electron chi connectivity index (χ1n) is 9.24. The Balaban J connectivity index is 1.75. The summed E-state index contributed by atoms with van der Waals surface area (Å²) in [6.07, 6.45) is -0.110. The lowest BCUT2D eigenvalue weighted by Gasteiger charge is -2.14. The molecular weight excluding hydrogens is 393 g/mol. The fourth-order valence-electron chi connectivity index (χ4n) is 2.95. The SMILES string of the molecule is CCc1ccc(NC(=O)[C@H](C)OC(=O)c2sc3cccc(F)c3c2COC)cc1. The lowest BCUT2D eigenvalue weighted by Crippen LogP contribution is -2.30. The molecule has 0 aliphatic carbocycles. The minimum atomic E-state index is -1.01. The molecule has 0 saturated heterocycles. The molecule has 0 aliphatic rings. The second kappa shape index (κ2) is 9.15. The molecule has 29 heavy (non-hydrogen) atoms. The number of ether oxygens (including phenoxy) is 2. The molecule has 0 aliphatic heterocycles. The minimum absolute atomic E-state index is 0.0652. The number of carbonyl (C=O) groups excluding carboxylic acids is 2. The van der Waals surface area contributed by atoms with Crippen molar-refractivity contribution in [1.82, 2.24) is 0 Å². The highest BCUT2D eigenvalue weighted by Crippen LogP contribution is 2.34. The molecule has 0 bridgehead atoms. The maximum atomic E-state index is 14.3. The van der Waals surface area contributed by atoms with E-state index in [9.17, 15) is 14.0 Å². The van der Waals surface area contributed by atoms with Gasteiger partial charge in [-0.3, -0.25) is 4.79 Å². The Hall–Kier alpha value is -2.77. The normalized spacial score (nSPS) is 12.0. The van der Waals surface area contributed by atoms with Crippen molar-refractivity contribution < 1.29 is 23.5 Å². The van der Waals surface area contributed by atoms with E-state index in [1.807, 2.05) is 19.1 Å². The molecule has 3 rings (SSSR count). The van der Waals surface area contributed by atoms with Gasteiger partial charge >= 0.3 is 5.97 Å². The monoisotopic (exact) mass is 415 g/mol. The number of amides is 1. The molecule has 0 spiro atoms. The molecule has 0 unspecified atom stereocenters. The average molecular weight is 415 g/mol. The van der Waals surface area contributed by atoms with Crippen LogP contribution in [0.1, 0.15) is 34.6 Å². The number of fused-ring (bicyclic) bond motifs is 1. The third-order valence-corrected chi connectivity index (χ3v) is 5.70. The number of benzene rings is 2. The summed E-state index contributed by atoms with van der Waals surface area (Å²) in [5, 5.41) is 3.07. The third-order valence-electron chi connectivity index (χ3n) is 4.52. The van der Waals surface area contributed by atoms with E-state index in [-0.39, 0.29) is 11.5 Å². The summed E-state index contributed by atoms with van der Waals surface area (Å²) < 4.78 is 25.4. The fraction of sp³-hybridized carbons (Fsp3) is 0.273. The minimum Gasteiger partial charge on any atom is -0.448 e. The average Bonchev–Trinajstić information content (AvgIpc) is 3.08. The maximum absolute atomic E-state index is 14.3. The molecule has 3 aromatic rings. The molecule has 5 nitrogen and oxygen atoms in total. The van der Waals surface area contributed by atoms with Crippen LogP contribution >= 0.6 is 11.3 Å². The number of hydrogen-bond donors (Lipinski definition) is 1. The van der Waals surface area contributed by atoms with Gasteiger partial charge in [-0.25, -0.2) is 9.18 Å². The van der Waals surface area contributed by atoms with E-state index in [1.165, 1.54) is 20.1 Å². The summed E-state index contributed by atoms with van der Waals surface area (Å²) >= 11 is 1.12. The quantitative estimate of drug-likeness (QED) is 0.556. The van der Waals surface area contributed by atoms with Crippen LogP contribution in [0.25, 0.3) is 10.1 Å². The van der Waals surface area contributed by atoms with E-state index < -0.39 is 23.8 Å². The number of nitrogens with one attached hydrogen (secondary N) is 1. The summed E-state index contributed by atoms with van der Waals surface area (Å²) in [6.45, 7) is 3.61. The molecule has 0 fully saturated rings. The molecule has 7 heteroatoms. The number of halogens is 1. The molecule has 1 aromatic heterocycles. The Bertz CT molecular complexity index is 1030. The van der Waals surface area contributed by atoms with E-state index in [1.54, 1.807) is 24.3 Å². The zero-order chi connectivity index (χ0) is 21.0. The van der Waals surface area contributed by atoms with Gasteiger partial charge in [0.05, 0.1) is 6.61 Å². The van der Waals surface area contributed by atoms with Crippen molar-refractivity contribution >= 4 is 39.0 Å². The first kappa shape index (κ1) is 21.0. The van der Waals surface area contributed by atoms with Gasteiger partial charge in [0.25, 0.3) is 5.91 Å². The van der Waals surface area contributed by atoms with Gasteiger partial charge in [-0.2, -0.15) is 0 Å². The summed E-state index contributed by atoms with van der Waals surface area (Å²) in [5.41, 5.74) is 2.21. The molecule has 0 saturated carbocycles.